The van der Waals surface area contributed by atoms with Gasteiger partial charge in [-0.05, 0) is 41.5 Å². The highest BCUT2D eigenvalue weighted by molar-refractivity contribution is 5.74. The number of halogens is 3. The summed E-state index contributed by atoms with van der Waals surface area (Å²) in [6.07, 6.45) is -5.55. The molecule has 3 amide bonds. The van der Waals surface area contributed by atoms with Gasteiger partial charge in [-0.25, -0.2) is 9.59 Å². The van der Waals surface area contributed by atoms with Crippen molar-refractivity contribution in [3.05, 3.63) is 0 Å². The van der Waals surface area contributed by atoms with Crippen LogP contribution in [0.15, 0.2) is 0 Å². The Morgan fingerprint density at radius 3 is 2.24 bits per heavy atom. The number of carbonyl (C=O) groups excluding carboxylic acids is 2. The van der Waals surface area contributed by atoms with Crippen LogP contribution >= 0.6 is 0 Å². The molecule has 7 nitrogen and oxygen atoms in total. The summed E-state index contributed by atoms with van der Waals surface area (Å²) in [5.74, 6) is 0. The number of nitrogens with zero attached hydrogens (tertiary/aromatic N) is 1. The molecule has 0 aromatic carbocycles. The second kappa shape index (κ2) is 7.27. The number of hydrogen-bond donors (Lipinski definition) is 2. The minimum Gasteiger partial charge on any atom is -0.444 e. The van der Waals surface area contributed by atoms with Gasteiger partial charge in [-0.2, -0.15) is 13.2 Å². The Morgan fingerprint density at radius 1 is 1.20 bits per heavy atom. The Hall–Kier alpha value is -1.71. The first-order chi connectivity index (χ1) is 11.1. The Morgan fingerprint density at radius 2 is 1.76 bits per heavy atom. The highest BCUT2D eigenvalue weighted by Gasteiger charge is 2.49. The van der Waals surface area contributed by atoms with Crippen LogP contribution in [0.1, 0.15) is 41.5 Å². The van der Waals surface area contributed by atoms with Crippen LogP contribution in [0.2, 0.25) is 0 Å². The molecule has 1 aliphatic rings. The van der Waals surface area contributed by atoms with Gasteiger partial charge in [-0.15, -0.1) is 0 Å². The van der Waals surface area contributed by atoms with E-state index in [-0.39, 0.29) is 6.54 Å². The largest absolute Gasteiger partial charge is 0.444 e. The molecule has 0 aliphatic carbocycles. The molecule has 2 atom stereocenters. The fraction of sp³-hybridized carbons (Fsp3) is 0.867. The third-order valence-electron chi connectivity index (χ3n) is 3.44. The zero-order valence-corrected chi connectivity index (χ0v) is 15.3. The van der Waals surface area contributed by atoms with E-state index in [1.807, 2.05) is 0 Å². The van der Waals surface area contributed by atoms with Crippen LogP contribution in [0.25, 0.3) is 0 Å². The number of ether oxygens (including phenoxy) is 2. The predicted octanol–water partition coefficient (Wildman–Crippen LogP) is 2.61. The van der Waals surface area contributed by atoms with Crippen molar-refractivity contribution < 1.29 is 32.2 Å². The number of alkyl halides is 3. The summed E-state index contributed by atoms with van der Waals surface area (Å²) in [7, 11) is 0. The van der Waals surface area contributed by atoms with Gasteiger partial charge in [-0.1, -0.05) is 0 Å². The molecule has 0 aromatic heterocycles. The molecule has 146 valence electrons. The van der Waals surface area contributed by atoms with E-state index in [9.17, 15) is 22.8 Å². The van der Waals surface area contributed by atoms with E-state index in [4.69, 9.17) is 9.47 Å². The highest BCUT2D eigenvalue weighted by Crippen LogP contribution is 2.33. The van der Waals surface area contributed by atoms with E-state index in [0.717, 1.165) is 0 Å². The molecule has 0 aromatic rings. The molecule has 25 heavy (non-hydrogen) atoms. The SMILES string of the molecule is C[C@@H]1OC(C)(C)N(C(=O)OC(C)(C)C)[C@H]1CNC(=O)NCC(F)(F)F. The summed E-state index contributed by atoms with van der Waals surface area (Å²) < 4.78 is 47.4. The van der Waals surface area contributed by atoms with Gasteiger partial charge < -0.3 is 20.1 Å². The van der Waals surface area contributed by atoms with Gasteiger partial charge in [0.15, 0.2) is 0 Å². The molecular weight excluding hydrogens is 343 g/mol. The monoisotopic (exact) mass is 369 g/mol. The first-order valence-electron chi connectivity index (χ1n) is 7.91. The molecule has 0 spiro atoms. The maximum atomic E-state index is 12.5. The van der Waals surface area contributed by atoms with Gasteiger partial charge in [0.25, 0.3) is 0 Å². The predicted molar refractivity (Wildman–Crippen MR) is 83.9 cm³/mol. The quantitative estimate of drug-likeness (QED) is 0.801. The van der Waals surface area contributed by atoms with Crippen LogP contribution < -0.4 is 10.6 Å². The lowest BCUT2D eigenvalue weighted by atomic mass is 10.1. The van der Waals surface area contributed by atoms with Gasteiger partial charge in [0.05, 0.1) is 12.1 Å². The number of rotatable bonds is 3. The first kappa shape index (κ1) is 21.3. The second-order valence-corrected chi connectivity index (χ2v) is 7.37. The molecule has 1 rings (SSSR count). The van der Waals surface area contributed by atoms with Gasteiger partial charge in [0, 0.05) is 6.54 Å². The van der Waals surface area contributed by atoms with Crippen LogP contribution in [0.5, 0.6) is 0 Å². The van der Waals surface area contributed by atoms with Crippen LogP contribution in [0.3, 0.4) is 0 Å². The molecule has 1 heterocycles. The Balaban J connectivity index is 2.74. The van der Waals surface area contributed by atoms with Crippen LogP contribution in [-0.2, 0) is 9.47 Å². The Kier molecular flexibility index (Phi) is 6.20. The summed E-state index contributed by atoms with van der Waals surface area (Å²) in [6, 6.07) is -1.56. The van der Waals surface area contributed by atoms with E-state index in [0.29, 0.717) is 0 Å². The lowest BCUT2D eigenvalue weighted by Crippen LogP contribution is -2.54. The maximum absolute atomic E-state index is 12.5. The van der Waals surface area contributed by atoms with E-state index < -0.39 is 48.3 Å². The second-order valence-electron chi connectivity index (χ2n) is 7.37. The van der Waals surface area contributed by atoms with Crippen molar-refractivity contribution in [2.45, 2.75) is 71.2 Å². The molecule has 0 saturated carbocycles. The van der Waals surface area contributed by atoms with Crippen molar-refractivity contribution in [3.8, 4) is 0 Å². The molecule has 0 bridgehead atoms. The number of nitrogens with one attached hydrogen (secondary N) is 2. The standard InChI is InChI=1S/C15H26F3N3O4/c1-9-10(7-19-11(22)20-8-15(16,17)18)21(14(5,6)24-9)12(23)25-13(2,3)4/h9-10H,7-8H2,1-6H3,(H2,19,20,22)/t9-,10-/m0/s1. The van der Waals surface area contributed by atoms with Crippen LogP contribution in [0, 0.1) is 0 Å². The molecular formula is C15H26F3N3O4. The van der Waals surface area contributed by atoms with Gasteiger partial charge in [-0.3, -0.25) is 4.90 Å². The summed E-state index contributed by atoms with van der Waals surface area (Å²) in [4.78, 5) is 25.4. The van der Waals surface area contributed by atoms with E-state index >= 15 is 0 Å². The van der Waals surface area contributed by atoms with E-state index in [2.05, 4.69) is 5.32 Å². The molecule has 10 heteroatoms. The van der Waals surface area contributed by atoms with Crippen molar-refractivity contribution in [2.24, 2.45) is 0 Å². The van der Waals surface area contributed by atoms with Crippen molar-refractivity contribution >= 4 is 12.1 Å². The minimum atomic E-state index is -4.49. The average molecular weight is 369 g/mol. The molecule has 1 fully saturated rings. The van der Waals surface area contributed by atoms with Crippen molar-refractivity contribution in [3.63, 3.8) is 0 Å². The number of hydrogen-bond acceptors (Lipinski definition) is 4. The minimum absolute atomic E-state index is 0.0759. The molecule has 1 aliphatic heterocycles. The number of amides is 3. The van der Waals surface area contributed by atoms with E-state index in [1.54, 1.807) is 46.9 Å². The van der Waals surface area contributed by atoms with Crippen molar-refractivity contribution in [1.82, 2.24) is 15.5 Å². The zero-order valence-electron chi connectivity index (χ0n) is 15.3. The number of urea groups is 1. The highest BCUT2D eigenvalue weighted by atomic mass is 19.4. The third kappa shape index (κ3) is 6.60. The summed E-state index contributed by atoms with van der Waals surface area (Å²) >= 11 is 0. The first-order valence-corrected chi connectivity index (χ1v) is 7.91. The molecule has 0 unspecified atom stereocenters. The zero-order chi connectivity index (χ0) is 19.6. The molecule has 2 N–H and O–H groups in total. The van der Waals surface area contributed by atoms with E-state index in [1.165, 1.54) is 4.90 Å². The smallest absolute Gasteiger partial charge is 0.412 e. The topological polar surface area (TPSA) is 79.9 Å². The van der Waals surface area contributed by atoms with Gasteiger partial charge >= 0.3 is 18.3 Å². The fourth-order valence-electron chi connectivity index (χ4n) is 2.56. The van der Waals surface area contributed by atoms with Gasteiger partial charge in [0.2, 0.25) is 0 Å². The van der Waals surface area contributed by atoms with Crippen LogP contribution in [-0.4, -0.2) is 59.8 Å². The summed E-state index contributed by atoms with van der Waals surface area (Å²) in [5.41, 5.74) is -1.70. The van der Waals surface area contributed by atoms with Crippen molar-refractivity contribution in [1.29, 1.82) is 0 Å². The van der Waals surface area contributed by atoms with Crippen molar-refractivity contribution in [2.75, 3.05) is 13.1 Å². The van der Waals surface area contributed by atoms with Gasteiger partial charge in [0.1, 0.15) is 17.9 Å². The number of carbonyl (C=O) groups is 2. The summed E-state index contributed by atoms with van der Waals surface area (Å²) in [5, 5.41) is 4.05. The lowest BCUT2D eigenvalue weighted by molar-refractivity contribution is -0.122. The molecule has 0 radical (unpaired) electrons. The third-order valence-corrected chi connectivity index (χ3v) is 3.44. The van der Waals surface area contributed by atoms with Crippen LogP contribution in [0.4, 0.5) is 22.8 Å². The Labute approximate surface area is 145 Å². The Bertz CT molecular complexity index is 503. The normalized spacial score (nSPS) is 23.3. The molecule has 1 saturated heterocycles. The fourth-order valence-corrected chi connectivity index (χ4v) is 2.56. The summed E-state index contributed by atoms with van der Waals surface area (Å²) in [6.45, 7) is 8.72. The lowest BCUT2D eigenvalue weighted by Gasteiger charge is -2.35. The maximum Gasteiger partial charge on any atom is 0.412 e. The average Bonchev–Trinajstić information content (AvgIpc) is 2.59.